The van der Waals surface area contributed by atoms with Gasteiger partial charge in [-0.1, -0.05) is 6.92 Å². The van der Waals surface area contributed by atoms with E-state index in [0.29, 0.717) is 13.2 Å². The van der Waals surface area contributed by atoms with Gasteiger partial charge in [-0.15, -0.1) is 0 Å². The van der Waals surface area contributed by atoms with Gasteiger partial charge in [-0.25, -0.2) is 4.39 Å². The molecule has 1 aromatic heterocycles. The summed E-state index contributed by atoms with van der Waals surface area (Å²) in [6.07, 6.45) is 2.01. The van der Waals surface area contributed by atoms with Crippen LogP contribution in [0.2, 0.25) is 0 Å². The molecule has 1 unspecified atom stereocenters. The number of hydrogen-bond acceptors (Lipinski definition) is 4. The Balaban J connectivity index is 2.44. The SMILES string of the molecule is CCC(NOCCOC)c1ccc(F)cn1. The third-order valence-electron chi connectivity index (χ3n) is 2.13. The van der Waals surface area contributed by atoms with E-state index in [0.717, 1.165) is 12.1 Å². The molecule has 1 aromatic rings. The lowest BCUT2D eigenvalue weighted by Gasteiger charge is -2.15. The zero-order valence-corrected chi connectivity index (χ0v) is 9.57. The van der Waals surface area contributed by atoms with Gasteiger partial charge in [0.25, 0.3) is 0 Å². The van der Waals surface area contributed by atoms with E-state index in [2.05, 4.69) is 10.5 Å². The minimum atomic E-state index is -0.334. The quantitative estimate of drug-likeness (QED) is 0.571. The van der Waals surface area contributed by atoms with Crippen molar-refractivity contribution in [1.29, 1.82) is 0 Å². The third kappa shape index (κ3) is 4.22. The molecule has 0 saturated heterocycles. The van der Waals surface area contributed by atoms with E-state index in [1.165, 1.54) is 12.3 Å². The van der Waals surface area contributed by atoms with Crippen LogP contribution in [0, 0.1) is 5.82 Å². The van der Waals surface area contributed by atoms with Gasteiger partial charge >= 0.3 is 0 Å². The van der Waals surface area contributed by atoms with Crippen LogP contribution in [0.15, 0.2) is 18.3 Å². The summed E-state index contributed by atoms with van der Waals surface area (Å²) in [4.78, 5) is 9.20. The Morgan fingerprint density at radius 2 is 2.25 bits per heavy atom. The van der Waals surface area contributed by atoms with Gasteiger partial charge in [-0.3, -0.25) is 9.82 Å². The van der Waals surface area contributed by atoms with Crippen LogP contribution in [0.4, 0.5) is 4.39 Å². The summed E-state index contributed by atoms with van der Waals surface area (Å²) in [5, 5.41) is 0. The number of pyridine rings is 1. The van der Waals surface area contributed by atoms with Crippen LogP contribution in [-0.4, -0.2) is 25.3 Å². The highest BCUT2D eigenvalue weighted by Crippen LogP contribution is 2.13. The maximum absolute atomic E-state index is 12.7. The average molecular weight is 228 g/mol. The second kappa shape index (κ2) is 7.27. The van der Waals surface area contributed by atoms with Crippen LogP contribution in [0.3, 0.4) is 0 Å². The lowest BCUT2D eigenvalue weighted by Crippen LogP contribution is -2.23. The smallest absolute Gasteiger partial charge is 0.141 e. The predicted octanol–water partition coefficient (Wildman–Crippen LogP) is 1.84. The Kier molecular flexibility index (Phi) is 5.92. The zero-order chi connectivity index (χ0) is 11.8. The number of nitrogens with zero attached hydrogens (tertiary/aromatic N) is 1. The summed E-state index contributed by atoms with van der Waals surface area (Å²) in [7, 11) is 1.61. The summed E-state index contributed by atoms with van der Waals surface area (Å²) in [5.74, 6) is -0.334. The molecule has 4 nitrogen and oxygen atoms in total. The van der Waals surface area contributed by atoms with Gasteiger partial charge in [0.2, 0.25) is 0 Å². The van der Waals surface area contributed by atoms with E-state index in [1.54, 1.807) is 13.2 Å². The van der Waals surface area contributed by atoms with Crippen LogP contribution in [0.1, 0.15) is 25.1 Å². The van der Waals surface area contributed by atoms with Gasteiger partial charge in [0.15, 0.2) is 0 Å². The van der Waals surface area contributed by atoms with E-state index in [4.69, 9.17) is 9.57 Å². The zero-order valence-electron chi connectivity index (χ0n) is 9.57. The number of halogens is 1. The molecule has 16 heavy (non-hydrogen) atoms. The standard InChI is InChI=1S/C11H17FN2O2/c1-3-10(14-16-7-6-15-2)11-5-4-9(12)8-13-11/h4-5,8,10,14H,3,6-7H2,1-2H3. The van der Waals surface area contributed by atoms with Crippen LogP contribution in [0.5, 0.6) is 0 Å². The molecule has 0 spiro atoms. The second-order valence-corrected chi connectivity index (χ2v) is 3.32. The van der Waals surface area contributed by atoms with E-state index in [-0.39, 0.29) is 11.9 Å². The molecule has 0 saturated carbocycles. The Morgan fingerprint density at radius 3 is 2.81 bits per heavy atom. The van der Waals surface area contributed by atoms with Gasteiger partial charge in [-0.05, 0) is 18.6 Å². The van der Waals surface area contributed by atoms with Crippen molar-refractivity contribution in [3.8, 4) is 0 Å². The Labute approximate surface area is 94.7 Å². The van der Waals surface area contributed by atoms with Gasteiger partial charge in [0.05, 0.1) is 31.1 Å². The molecule has 1 rings (SSSR count). The van der Waals surface area contributed by atoms with Crippen molar-refractivity contribution in [3.63, 3.8) is 0 Å². The number of hydrogen-bond donors (Lipinski definition) is 1. The summed E-state index contributed by atoms with van der Waals surface area (Å²) in [5.41, 5.74) is 3.64. The summed E-state index contributed by atoms with van der Waals surface area (Å²) in [6.45, 7) is 3.00. The highest BCUT2D eigenvalue weighted by molar-refractivity contribution is 5.09. The molecule has 0 aromatic carbocycles. The van der Waals surface area contributed by atoms with E-state index in [1.807, 2.05) is 6.92 Å². The van der Waals surface area contributed by atoms with Gasteiger partial charge in [0, 0.05) is 7.11 Å². The number of hydroxylamine groups is 1. The normalized spacial score (nSPS) is 12.7. The number of rotatable bonds is 7. The molecule has 0 aliphatic rings. The van der Waals surface area contributed by atoms with Crippen molar-refractivity contribution in [1.82, 2.24) is 10.5 Å². The van der Waals surface area contributed by atoms with Crippen LogP contribution >= 0.6 is 0 Å². The molecule has 0 radical (unpaired) electrons. The largest absolute Gasteiger partial charge is 0.382 e. The molecule has 1 heterocycles. The number of aromatic nitrogens is 1. The Bertz CT molecular complexity index is 293. The van der Waals surface area contributed by atoms with Crippen LogP contribution in [0.25, 0.3) is 0 Å². The first-order valence-corrected chi connectivity index (χ1v) is 5.25. The number of ether oxygens (including phenoxy) is 1. The average Bonchev–Trinajstić information content (AvgIpc) is 2.31. The predicted molar refractivity (Wildman–Crippen MR) is 58.2 cm³/mol. The van der Waals surface area contributed by atoms with Gasteiger partial charge < -0.3 is 4.74 Å². The van der Waals surface area contributed by atoms with Gasteiger partial charge in [-0.2, -0.15) is 5.48 Å². The number of nitrogens with one attached hydrogen (secondary N) is 1. The molecule has 0 aliphatic carbocycles. The highest BCUT2D eigenvalue weighted by atomic mass is 19.1. The van der Waals surface area contributed by atoms with E-state index >= 15 is 0 Å². The molecule has 1 atom stereocenters. The van der Waals surface area contributed by atoms with Crippen molar-refractivity contribution in [2.24, 2.45) is 0 Å². The maximum Gasteiger partial charge on any atom is 0.141 e. The minimum Gasteiger partial charge on any atom is -0.382 e. The molecule has 0 amide bonds. The van der Waals surface area contributed by atoms with E-state index < -0.39 is 0 Å². The first-order chi connectivity index (χ1) is 7.77. The topological polar surface area (TPSA) is 43.4 Å². The summed E-state index contributed by atoms with van der Waals surface area (Å²) in [6, 6.07) is 3.01. The molecule has 5 heteroatoms. The van der Waals surface area contributed by atoms with Crippen LogP contribution < -0.4 is 5.48 Å². The summed E-state index contributed by atoms with van der Waals surface area (Å²) >= 11 is 0. The van der Waals surface area contributed by atoms with Crippen molar-refractivity contribution < 1.29 is 14.0 Å². The first kappa shape index (κ1) is 13.0. The maximum atomic E-state index is 12.7. The third-order valence-corrected chi connectivity index (χ3v) is 2.13. The first-order valence-electron chi connectivity index (χ1n) is 5.25. The van der Waals surface area contributed by atoms with Crippen LogP contribution in [-0.2, 0) is 9.57 Å². The Hall–Kier alpha value is -1.04. The fourth-order valence-electron chi connectivity index (χ4n) is 1.23. The lowest BCUT2D eigenvalue weighted by atomic mass is 10.1. The monoisotopic (exact) mass is 228 g/mol. The highest BCUT2D eigenvalue weighted by Gasteiger charge is 2.10. The number of methoxy groups -OCH3 is 1. The molecular formula is C11H17FN2O2. The molecule has 90 valence electrons. The molecule has 0 bridgehead atoms. The fourth-order valence-corrected chi connectivity index (χ4v) is 1.23. The molecule has 1 N–H and O–H groups in total. The molecule has 0 aliphatic heterocycles. The summed E-state index contributed by atoms with van der Waals surface area (Å²) < 4.78 is 17.5. The van der Waals surface area contributed by atoms with Crippen molar-refractivity contribution in [3.05, 3.63) is 29.8 Å². The Morgan fingerprint density at radius 1 is 1.44 bits per heavy atom. The molecule has 0 fully saturated rings. The van der Waals surface area contributed by atoms with Crippen molar-refractivity contribution in [2.75, 3.05) is 20.3 Å². The van der Waals surface area contributed by atoms with Crippen molar-refractivity contribution in [2.45, 2.75) is 19.4 Å². The minimum absolute atomic E-state index is 0.0301. The van der Waals surface area contributed by atoms with Gasteiger partial charge in [0.1, 0.15) is 5.82 Å². The fraction of sp³-hybridized carbons (Fsp3) is 0.545. The van der Waals surface area contributed by atoms with E-state index in [9.17, 15) is 4.39 Å². The van der Waals surface area contributed by atoms with Crippen molar-refractivity contribution >= 4 is 0 Å². The lowest BCUT2D eigenvalue weighted by molar-refractivity contribution is -0.0138. The molecular weight excluding hydrogens is 211 g/mol. The second-order valence-electron chi connectivity index (χ2n) is 3.32.